The molecule has 0 spiro atoms. The molecule has 0 aliphatic heterocycles. The molecule has 0 radical (unpaired) electrons. The first kappa shape index (κ1) is 16.1. The predicted octanol–water partition coefficient (Wildman–Crippen LogP) is 4.78. The number of fused-ring (bicyclic) bond motifs is 1. The van der Waals surface area contributed by atoms with Crippen LogP contribution in [0.25, 0.3) is 22.0 Å². The van der Waals surface area contributed by atoms with Crippen LogP contribution in [-0.2, 0) is 6.61 Å². The Kier molecular flexibility index (Phi) is 4.25. The molecule has 1 aromatic heterocycles. The highest BCUT2D eigenvalue weighted by atomic mass is 16.3. The fourth-order valence-electron chi connectivity index (χ4n) is 3.02. The molecule has 128 valence electrons. The zero-order valence-electron chi connectivity index (χ0n) is 14.1. The first-order chi connectivity index (χ1) is 12.7. The standard InChI is InChI=1S/C22H18N2O2/c25-14-15-5-4-8-18(11-15)23-13-20-19-10-9-17(12-21(19)24-22(20)26)16-6-2-1-3-7-16/h1-13,24-26H,14H2. The van der Waals surface area contributed by atoms with Gasteiger partial charge in [0.1, 0.15) is 0 Å². The van der Waals surface area contributed by atoms with Crippen molar-refractivity contribution in [3.05, 3.63) is 83.9 Å². The third kappa shape index (κ3) is 3.10. The fraction of sp³-hybridized carbons (Fsp3) is 0.0455. The topological polar surface area (TPSA) is 68.6 Å². The molecule has 0 saturated heterocycles. The van der Waals surface area contributed by atoms with Crippen LogP contribution in [0.1, 0.15) is 11.1 Å². The lowest BCUT2D eigenvalue weighted by atomic mass is 10.0. The number of aliphatic imine (C=N–C) groups is 1. The monoisotopic (exact) mass is 342 g/mol. The number of aromatic nitrogens is 1. The van der Waals surface area contributed by atoms with E-state index in [2.05, 4.69) is 22.1 Å². The molecule has 0 unspecified atom stereocenters. The lowest BCUT2D eigenvalue weighted by Crippen LogP contribution is -1.82. The molecule has 0 saturated carbocycles. The molecule has 0 atom stereocenters. The highest BCUT2D eigenvalue weighted by molar-refractivity contribution is 6.03. The summed E-state index contributed by atoms with van der Waals surface area (Å²) in [5.41, 5.74) is 5.24. The Hall–Kier alpha value is -3.37. The third-order valence-corrected chi connectivity index (χ3v) is 4.36. The second-order valence-electron chi connectivity index (χ2n) is 6.10. The Bertz CT molecular complexity index is 1080. The van der Waals surface area contributed by atoms with Crippen molar-refractivity contribution < 1.29 is 10.2 Å². The zero-order chi connectivity index (χ0) is 17.9. The van der Waals surface area contributed by atoms with Crippen LogP contribution >= 0.6 is 0 Å². The largest absolute Gasteiger partial charge is 0.494 e. The van der Waals surface area contributed by atoms with E-state index in [9.17, 15) is 10.2 Å². The molecule has 3 aromatic carbocycles. The number of aliphatic hydroxyl groups excluding tert-OH is 1. The van der Waals surface area contributed by atoms with Crippen molar-refractivity contribution in [1.82, 2.24) is 4.98 Å². The summed E-state index contributed by atoms with van der Waals surface area (Å²) in [6.45, 7) is -0.0239. The highest BCUT2D eigenvalue weighted by Gasteiger charge is 2.10. The minimum Gasteiger partial charge on any atom is -0.494 e. The van der Waals surface area contributed by atoms with E-state index in [4.69, 9.17) is 0 Å². The number of hydrogen-bond acceptors (Lipinski definition) is 3. The number of benzene rings is 3. The Morgan fingerprint density at radius 3 is 2.54 bits per heavy atom. The van der Waals surface area contributed by atoms with Crippen molar-refractivity contribution in [3.63, 3.8) is 0 Å². The quantitative estimate of drug-likeness (QED) is 0.467. The van der Waals surface area contributed by atoms with Gasteiger partial charge in [-0.05, 0) is 34.9 Å². The Balaban J connectivity index is 1.71. The molecule has 4 heteroatoms. The van der Waals surface area contributed by atoms with Crippen molar-refractivity contribution in [1.29, 1.82) is 0 Å². The number of hydrogen-bond donors (Lipinski definition) is 3. The van der Waals surface area contributed by atoms with Crippen LogP contribution in [0.3, 0.4) is 0 Å². The molecule has 26 heavy (non-hydrogen) atoms. The minimum atomic E-state index is -0.0239. The molecular formula is C22H18N2O2. The summed E-state index contributed by atoms with van der Waals surface area (Å²) >= 11 is 0. The summed E-state index contributed by atoms with van der Waals surface area (Å²) in [4.78, 5) is 7.45. The first-order valence-electron chi connectivity index (χ1n) is 8.38. The van der Waals surface area contributed by atoms with E-state index in [-0.39, 0.29) is 12.5 Å². The summed E-state index contributed by atoms with van der Waals surface area (Å²) in [6, 6.07) is 23.5. The van der Waals surface area contributed by atoms with E-state index in [1.165, 1.54) is 0 Å². The van der Waals surface area contributed by atoms with Crippen LogP contribution < -0.4 is 0 Å². The maximum absolute atomic E-state index is 10.3. The molecule has 0 amide bonds. The van der Waals surface area contributed by atoms with Crippen LogP contribution in [0, 0.1) is 0 Å². The maximum atomic E-state index is 10.3. The van der Waals surface area contributed by atoms with Gasteiger partial charge in [-0.1, -0.05) is 54.6 Å². The average molecular weight is 342 g/mol. The zero-order valence-corrected chi connectivity index (χ0v) is 14.1. The van der Waals surface area contributed by atoms with Crippen LogP contribution in [0.5, 0.6) is 5.88 Å². The molecule has 1 heterocycles. The van der Waals surface area contributed by atoms with Crippen molar-refractivity contribution in [2.24, 2.45) is 4.99 Å². The van der Waals surface area contributed by atoms with Gasteiger partial charge in [-0.2, -0.15) is 0 Å². The van der Waals surface area contributed by atoms with Gasteiger partial charge >= 0.3 is 0 Å². The van der Waals surface area contributed by atoms with E-state index < -0.39 is 0 Å². The number of nitrogens with one attached hydrogen (secondary N) is 1. The average Bonchev–Trinajstić information content (AvgIpc) is 3.01. The molecule has 0 aliphatic carbocycles. The molecule has 4 aromatic rings. The summed E-state index contributed by atoms with van der Waals surface area (Å²) in [7, 11) is 0. The van der Waals surface area contributed by atoms with Gasteiger partial charge < -0.3 is 15.2 Å². The Morgan fingerprint density at radius 2 is 1.73 bits per heavy atom. The summed E-state index contributed by atoms with van der Waals surface area (Å²) in [6.07, 6.45) is 1.65. The summed E-state index contributed by atoms with van der Waals surface area (Å²) in [5.74, 6) is 0.0901. The molecule has 0 aliphatic rings. The van der Waals surface area contributed by atoms with Gasteiger partial charge in [-0.15, -0.1) is 0 Å². The summed E-state index contributed by atoms with van der Waals surface area (Å²) < 4.78 is 0. The van der Waals surface area contributed by atoms with E-state index >= 15 is 0 Å². The van der Waals surface area contributed by atoms with Crippen molar-refractivity contribution >= 4 is 22.8 Å². The number of rotatable bonds is 4. The van der Waals surface area contributed by atoms with Gasteiger partial charge in [0, 0.05) is 17.1 Å². The molecule has 0 fully saturated rings. The molecule has 3 N–H and O–H groups in total. The van der Waals surface area contributed by atoms with Gasteiger partial charge in [0.25, 0.3) is 0 Å². The van der Waals surface area contributed by atoms with Gasteiger partial charge in [0.2, 0.25) is 0 Å². The maximum Gasteiger partial charge on any atom is 0.198 e. The van der Waals surface area contributed by atoms with Crippen LogP contribution in [0.15, 0.2) is 77.8 Å². The number of nitrogens with zero attached hydrogens (tertiary/aromatic N) is 1. The number of aromatic amines is 1. The van der Waals surface area contributed by atoms with Crippen molar-refractivity contribution in [3.8, 4) is 17.0 Å². The predicted molar refractivity (Wildman–Crippen MR) is 105 cm³/mol. The molecule has 4 rings (SSSR count). The lowest BCUT2D eigenvalue weighted by molar-refractivity contribution is 0.282. The minimum absolute atomic E-state index is 0.0239. The Labute approximate surface area is 151 Å². The molecule has 0 bridgehead atoms. The smallest absolute Gasteiger partial charge is 0.198 e. The van der Waals surface area contributed by atoms with Crippen LogP contribution in [-0.4, -0.2) is 21.4 Å². The molecule has 4 nitrogen and oxygen atoms in total. The van der Waals surface area contributed by atoms with Gasteiger partial charge in [-0.3, -0.25) is 4.99 Å². The lowest BCUT2D eigenvalue weighted by Gasteiger charge is -2.01. The van der Waals surface area contributed by atoms with E-state index in [0.29, 0.717) is 5.56 Å². The number of aromatic hydroxyl groups is 1. The normalized spacial score (nSPS) is 11.4. The van der Waals surface area contributed by atoms with Crippen LogP contribution in [0.2, 0.25) is 0 Å². The second kappa shape index (κ2) is 6.86. The van der Waals surface area contributed by atoms with Crippen molar-refractivity contribution in [2.75, 3.05) is 0 Å². The Morgan fingerprint density at radius 1 is 0.885 bits per heavy atom. The summed E-state index contributed by atoms with van der Waals surface area (Å²) in [5, 5.41) is 20.4. The van der Waals surface area contributed by atoms with E-state index in [1.807, 2.05) is 60.7 Å². The van der Waals surface area contributed by atoms with Gasteiger partial charge in [-0.25, -0.2) is 0 Å². The van der Waals surface area contributed by atoms with E-state index in [1.54, 1.807) is 6.21 Å². The first-order valence-corrected chi connectivity index (χ1v) is 8.38. The number of H-pyrrole nitrogens is 1. The van der Waals surface area contributed by atoms with Crippen LogP contribution in [0.4, 0.5) is 5.69 Å². The highest BCUT2D eigenvalue weighted by Crippen LogP contribution is 2.30. The number of aliphatic hydroxyl groups is 1. The van der Waals surface area contributed by atoms with Crippen molar-refractivity contribution in [2.45, 2.75) is 6.61 Å². The fourth-order valence-corrected chi connectivity index (χ4v) is 3.02. The third-order valence-electron chi connectivity index (χ3n) is 4.36. The van der Waals surface area contributed by atoms with Gasteiger partial charge in [0.15, 0.2) is 5.88 Å². The SMILES string of the molecule is OCc1cccc(N=Cc2c(O)[nH]c3cc(-c4ccccc4)ccc23)c1. The van der Waals surface area contributed by atoms with Gasteiger partial charge in [0.05, 0.1) is 17.9 Å². The van der Waals surface area contributed by atoms with E-state index in [0.717, 1.165) is 33.3 Å². The second-order valence-corrected chi connectivity index (χ2v) is 6.10. The molecular weight excluding hydrogens is 324 g/mol.